The summed E-state index contributed by atoms with van der Waals surface area (Å²) in [5.74, 6) is -0.450. The van der Waals surface area contributed by atoms with E-state index in [4.69, 9.17) is 16.3 Å². The second kappa shape index (κ2) is 5.53. The van der Waals surface area contributed by atoms with Gasteiger partial charge < -0.3 is 14.4 Å². The lowest BCUT2D eigenvalue weighted by Gasteiger charge is -2.06. The third-order valence-electron chi connectivity index (χ3n) is 3.14. The van der Waals surface area contributed by atoms with E-state index in [0.29, 0.717) is 16.2 Å². The predicted octanol–water partition coefficient (Wildman–Crippen LogP) is 3.80. The van der Waals surface area contributed by atoms with Crippen molar-refractivity contribution < 1.29 is 14.6 Å². The molecule has 0 spiro atoms. The van der Waals surface area contributed by atoms with Crippen molar-refractivity contribution in [2.75, 3.05) is 7.11 Å². The number of rotatable bonds is 5. The predicted molar refractivity (Wildman–Crippen MR) is 75.4 cm³/mol. The molecule has 0 unspecified atom stereocenters. The number of hydrogen-bond acceptors (Lipinski definition) is 2. The molecule has 0 fully saturated rings. The lowest BCUT2D eigenvalue weighted by atomic mass is 10.1. The Labute approximate surface area is 116 Å². The topological polar surface area (TPSA) is 51.5 Å². The molecular weight excluding hydrogens is 266 g/mol. The van der Waals surface area contributed by atoms with Crippen molar-refractivity contribution in [3.63, 3.8) is 0 Å². The maximum atomic E-state index is 11.3. The lowest BCUT2D eigenvalue weighted by Crippen LogP contribution is -1.96. The van der Waals surface area contributed by atoms with E-state index in [2.05, 4.69) is 6.92 Å². The van der Waals surface area contributed by atoms with E-state index in [9.17, 15) is 9.90 Å². The summed E-state index contributed by atoms with van der Waals surface area (Å²) in [5, 5.41) is 10.4. The van der Waals surface area contributed by atoms with Crippen molar-refractivity contribution in [1.82, 2.24) is 4.57 Å². The number of halogens is 1. The van der Waals surface area contributed by atoms with Gasteiger partial charge in [-0.1, -0.05) is 24.9 Å². The second-order valence-corrected chi connectivity index (χ2v) is 4.81. The zero-order chi connectivity index (χ0) is 14.0. The molecule has 0 aliphatic heterocycles. The van der Waals surface area contributed by atoms with Crippen molar-refractivity contribution in [2.45, 2.75) is 26.3 Å². The Balaban J connectivity index is 2.64. The molecule has 0 radical (unpaired) electrons. The van der Waals surface area contributed by atoms with Crippen molar-refractivity contribution in [1.29, 1.82) is 0 Å². The van der Waals surface area contributed by atoms with Crippen molar-refractivity contribution in [3.05, 3.63) is 28.9 Å². The highest BCUT2D eigenvalue weighted by Crippen LogP contribution is 2.33. The number of unbranched alkanes of at least 4 members (excludes halogenated alkanes) is 1. The van der Waals surface area contributed by atoms with Gasteiger partial charge in [-0.2, -0.15) is 0 Å². The first-order chi connectivity index (χ1) is 9.08. The highest BCUT2D eigenvalue weighted by Gasteiger charge is 2.16. The van der Waals surface area contributed by atoms with E-state index in [1.54, 1.807) is 18.3 Å². The zero-order valence-corrected chi connectivity index (χ0v) is 11.7. The van der Waals surface area contributed by atoms with Gasteiger partial charge in [-0.3, -0.25) is 0 Å². The van der Waals surface area contributed by atoms with E-state index >= 15 is 0 Å². The molecule has 2 aromatic rings. The number of ether oxygens (including phenoxy) is 1. The van der Waals surface area contributed by atoms with E-state index in [1.165, 1.54) is 7.11 Å². The SMILES string of the molecule is CCCCn1cc(C(=O)O)c2cc(OC)c(Cl)cc21. The summed E-state index contributed by atoms with van der Waals surface area (Å²) in [6.07, 6.45) is 3.71. The molecular formula is C14H16ClNO3. The molecule has 1 aromatic heterocycles. The van der Waals surface area contributed by atoms with Gasteiger partial charge in [0, 0.05) is 18.1 Å². The number of hydrogen-bond donors (Lipinski definition) is 1. The number of aryl methyl sites for hydroxylation is 1. The number of carboxylic acid groups (broad SMARTS) is 1. The maximum absolute atomic E-state index is 11.3. The third-order valence-corrected chi connectivity index (χ3v) is 3.43. The molecule has 0 aliphatic carbocycles. The van der Waals surface area contributed by atoms with Gasteiger partial charge in [-0.05, 0) is 18.6 Å². The number of carbonyl (C=O) groups is 1. The van der Waals surface area contributed by atoms with Gasteiger partial charge in [0.1, 0.15) is 5.75 Å². The second-order valence-electron chi connectivity index (χ2n) is 4.40. The Kier molecular flexibility index (Phi) is 4.00. The standard InChI is InChI=1S/C14H16ClNO3/c1-3-4-5-16-8-10(14(17)18)9-6-13(19-2)11(15)7-12(9)16/h6-8H,3-5H2,1-2H3,(H,17,18). The van der Waals surface area contributed by atoms with E-state index in [0.717, 1.165) is 24.9 Å². The Bertz CT molecular complexity index is 619. The average Bonchev–Trinajstić information content (AvgIpc) is 2.73. The monoisotopic (exact) mass is 281 g/mol. The van der Waals surface area contributed by atoms with Gasteiger partial charge in [0.15, 0.2) is 0 Å². The van der Waals surface area contributed by atoms with E-state index < -0.39 is 5.97 Å². The van der Waals surface area contributed by atoms with Crippen LogP contribution in [-0.2, 0) is 6.54 Å². The normalized spacial score (nSPS) is 10.9. The minimum atomic E-state index is -0.940. The lowest BCUT2D eigenvalue weighted by molar-refractivity contribution is 0.0699. The molecule has 1 N–H and O–H groups in total. The number of methoxy groups -OCH3 is 1. The summed E-state index contributed by atoms with van der Waals surface area (Å²) < 4.78 is 7.08. The smallest absolute Gasteiger partial charge is 0.337 e. The van der Waals surface area contributed by atoms with Crippen LogP contribution in [0.15, 0.2) is 18.3 Å². The Morgan fingerprint density at radius 1 is 1.47 bits per heavy atom. The van der Waals surface area contributed by atoms with Crippen LogP contribution in [0.4, 0.5) is 0 Å². The number of aromatic carboxylic acids is 1. The Morgan fingerprint density at radius 3 is 2.79 bits per heavy atom. The van der Waals surface area contributed by atoms with Crippen LogP contribution >= 0.6 is 11.6 Å². The molecule has 0 aliphatic rings. The molecule has 102 valence electrons. The van der Waals surface area contributed by atoms with Crippen LogP contribution in [0.2, 0.25) is 5.02 Å². The number of benzene rings is 1. The molecule has 0 saturated heterocycles. The fraction of sp³-hybridized carbons (Fsp3) is 0.357. The minimum absolute atomic E-state index is 0.279. The number of carboxylic acids is 1. The summed E-state index contributed by atoms with van der Waals surface area (Å²) in [4.78, 5) is 11.3. The molecule has 0 saturated carbocycles. The summed E-state index contributed by atoms with van der Waals surface area (Å²) in [6.45, 7) is 2.88. The molecule has 5 heteroatoms. The highest BCUT2D eigenvalue weighted by atomic mass is 35.5. The fourth-order valence-electron chi connectivity index (χ4n) is 2.13. The Hall–Kier alpha value is -1.68. The van der Waals surface area contributed by atoms with Crippen LogP contribution < -0.4 is 4.74 Å². The quantitative estimate of drug-likeness (QED) is 0.907. The zero-order valence-electron chi connectivity index (χ0n) is 10.9. The molecule has 1 aromatic carbocycles. The molecule has 0 bridgehead atoms. The van der Waals surface area contributed by atoms with Crippen molar-refractivity contribution in [2.24, 2.45) is 0 Å². The summed E-state index contributed by atoms with van der Waals surface area (Å²) in [5.41, 5.74) is 1.11. The molecule has 0 atom stereocenters. The van der Waals surface area contributed by atoms with Gasteiger partial charge in [0.05, 0.1) is 23.2 Å². The van der Waals surface area contributed by atoms with Gasteiger partial charge in [0.2, 0.25) is 0 Å². The van der Waals surface area contributed by atoms with Gasteiger partial charge in [0.25, 0.3) is 0 Å². The first kappa shape index (κ1) is 13.7. The molecule has 2 rings (SSSR count). The number of nitrogens with zero attached hydrogens (tertiary/aromatic N) is 1. The largest absolute Gasteiger partial charge is 0.495 e. The average molecular weight is 282 g/mol. The Morgan fingerprint density at radius 2 is 2.21 bits per heavy atom. The third kappa shape index (κ3) is 2.54. The van der Waals surface area contributed by atoms with E-state index in [1.807, 2.05) is 4.57 Å². The highest BCUT2D eigenvalue weighted by molar-refractivity contribution is 6.33. The number of aromatic nitrogens is 1. The van der Waals surface area contributed by atoms with Crippen LogP contribution in [0.1, 0.15) is 30.1 Å². The van der Waals surface area contributed by atoms with Gasteiger partial charge in [-0.25, -0.2) is 4.79 Å². The van der Waals surface area contributed by atoms with Crippen LogP contribution in [0.3, 0.4) is 0 Å². The first-order valence-electron chi connectivity index (χ1n) is 6.18. The summed E-state index contributed by atoms with van der Waals surface area (Å²) in [6, 6.07) is 3.45. The van der Waals surface area contributed by atoms with Crippen molar-refractivity contribution in [3.8, 4) is 5.75 Å². The van der Waals surface area contributed by atoms with Gasteiger partial charge in [-0.15, -0.1) is 0 Å². The fourth-order valence-corrected chi connectivity index (χ4v) is 2.37. The maximum Gasteiger partial charge on any atom is 0.337 e. The minimum Gasteiger partial charge on any atom is -0.495 e. The van der Waals surface area contributed by atoms with Crippen LogP contribution in [0.5, 0.6) is 5.75 Å². The van der Waals surface area contributed by atoms with E-state index in [-0.39, 0.29) is 5.56 Å². The summed E-state index contributed by atoms with van der Waals surface area (Å²) >= 11 is 6.11. The first-order valence-corrected chi connectivity index (χ1v) is 6.56. The van der Waals surface area contributed by atoms with Gasteiger partial charge >= 0.3 is 5.97 Å². The van der Waals surface area contributed by atoms with Crippen LogP contribution in [0, 0.1) is 0 Å². The van der Waals surface area contributed by atoms with Crippen LogP contribution in [-0.4, -0.2) is 22.8 Å². The molecule has 19 heavy (non-hydrogen) atoms. The molecule has 0 amide bonds. The van der Waals surface area contributed by atoms with Crippen LogP contribution in [0.25, 0.3) is 10.9 Å². The summed E-state index contributed by atoms with van der Waals surface area (Å²) in [7, 11) is 1.52. The van der Waals surface area contributed by atoms with Crippen molar-refractivity contribution >= 4 is 28.5 Å². The molecule has 4 nitrogen and oxygen atoms in total. The number of fused-ring (bicyclic) bond motifs is 1. The molecule has 1 heterocycles.